The van der Waals surface area contributed by atoms with Crippen molar-refractivity contribution in [2.24, 2.45) is 0 Å². The molecule has 3 nitrogen and oxygen atoms in total. The third kappa shape index (κ3) is 16.9. The van der Waals surface area contributed by atoms with Gasteiger partial charge in [-0.3, -0.25) is 0 Å². The molecule has 0 aliphatic heterocycles. The molecule has 0 spiro atoms. The highest BCUT2D eigenvalue weighted by Crippen LogP contribution is 2.41. The van der Waals surface area contributed by atoms with Gasteiger partial charge in [-0.15, -0.1) is 0 Å². The summed E-state index contributed by atoms with van der Waals surface area (Å²) < 4.78 is 2.22. The first-order valence-electron chi connectivity index (χ1n) is 33.9. The second-order valence-corrected chi connectivity index (χ2v) is 26.3. The molecule has 16 aromatic carbocycles. The summed E-state index contributed by atoms with van der Waals surface area (Å²) >= 11 is 6.84. The van der Waals surface area contributed by atoms with Crippen LogP contribution in [-0.2, 0) is 0 Å². The second-order valence-electron chi connectivity index (χ2n) is 24.4. The van der Waals surface area contributed by atoms with Gasteiger partial charge in [0.05, 0.1) is 0 Å². The Morgan fingerprint density at radius 1 is 0.139 bits per heavy atom. The molecule has 1 N–H and O–H groups in total. The molecule has 0 fully saturated rings. The van der Waals surface area contributed by atoms with E-state index in [4.69, 9.17) is 0 Å². The van der Waals surface area contributed by atoms with Gasteiger partial charge in [0, 0.05) is 54.4 Å². The van der Waals surface area contributed by atoms with Gasteiger partial charge in [-0.25, -0.2) is 0 Å². The van der Waals surface area contributed by atoms with Crippen molar-refractivity contribution in [2.75, 3.05) is 15.1 Å². The number of hydrogen-bond donors (Lipinski definition) is 1. The lowest BCUT2D eigenvalue weighted by molar-refractivity contribution is 1.28. The number of nitrogens with zero attached hydrogens (tertiary/aromatic N) is 2. The van der Waals surface area contributed by atoms with Crippen molar-refractivity contribution in [1.82, 2.24) is 0 Å². The van der Waals surface area contributed by atoms with Crippen LogP contribution in [-0.4, -0.2) is 0 Å². The Kier molecular flexibility index (Phi) is 21.3. The number of halogens is 2. The van der Waals surface area contributed by atoms with Gasteiger partial charge < -0.3 is 15.1 Å². The van der Waals surface area contributed by atoms with E-state index in [1.165, 1.54) is 77.9 Å². The van der Waals surface area contributed by atoms with Crippen LogP contribution in [0.3, 0.4) is 0 Å². The van der Waals surface area contributed by atoms with E-state index in [-0.39, 0.29) is 0 Å². The first-order valence-corrected chi connectivity index (χ1v) is 35.5. The van der Waals surface area contributed by atoms with Gasteiger partial charge in [0.15, 0.2) is 0 Å². The molecule has 0 saturated carbocycles. The van der Waals surface area contributed by atoms with E-state index in [9.17, 15) is 0 Å². The van der Waals surface area contributed by atoms with Crippen LogP contribution in [0.5, 0.6) is 0 Å². The zero-order valence-electron chi connectivity index (χ0n) is 55.6. The molecule has 0 radical (unpaired) electrons. The fourth-order valence-electron chi connectivity index (χ4n) is 12.4. The molecule has 16 rings (SSSR count). The van der Waals surface area contributed by atoms with E-state index in [0.717, 1.165) is 65.6 Å². The van der Waals surface area contributed by atoms with Gasteiger partial charge in [0.1, 0.15) is 0 Å². The number of hydrogen-bond acceptors (Lipinski definition) is 3. The van der Waals surface area contributed by atoms with Gasteiger partial charge in [0.25, 0.3) is 0 Å². The van der Waals surface area contributed by atoms with Gasteiger partial charge in [0.2, 0.25) is 0 Å². The summed E-state index contributed by atoms with van der Waals surface area (Å²) in [6.45, 7) is 0. The summed E-state index contributed by atoms with van der Waals surface area (Å²) in [4.78, 5) is 4.67. The van der Waals surface area contributed by atoms with Crippen LogP contribution in [0.25, 0.3) is 89.0 Å². The molecule has 0 amide bonds. The largest absolute Gasteiger partial charge is 0.356 e. The van der Waals surface area contributed by atoms with Crippen molar-refractivity contribution in [3.63, 3.8) is 0 Å². The van der Waals surface area contributed by atoms with E-state index in [2.05, 4.69) is 459 Å². The summed E-state index contributed by atoms with van der Waals surface area (Å²) in [6.07, 6.45) is 0. The average molecular weight is 1430 g/mol. The SMILES string of the molecule is Brc1ccc(-c2ccc(Br)cc2)cc1.c1ccc(-c2ccc(N(c3ccc(-c4ccccc4)cc3)c3ccc(-c4ccc(N(c5ccc(-c6ccccc6)cc5)c5ccc(-c6ccccc6)cc5)cc4)cc3)cc2)cc1.c1ccc(-c2ccc(Nc3ccc(-c4ccccc4)cc3)cc2)cc1. The standard InChI is InChI=1S/C60H44N2.C24H19N.C12H8Br2/c1-5-13-45(14-6-1)49-21-33-55(34-22-49)61(56-35-23-50(24-36-56)46-15-7-2-8-16-46)59-41-29-53(30-42-59)54-31-43-60(44-32-54)62(57-37-25-51(26-38-57)47-17-9-3-10-18-47)58-39-27-52(28-40-58)48-19-11-4-12-20-48;1-3-7-19(8-4-1)21-11-15-23(16-12-21)25-24-17-13-22(14-18-24)20-9-5-2-6-10-20;13-11-5-1-9(2-6-11)10-3-7-12(14)8-4-10/h1-44H;1-18,25H;1-8H. The van der Waals surface area contributed by atoms with Crippen LogP contribution in [0.4, 0.5) is 45.5 Å². The molecule has 0 atom stereocenters. The van der Waals surface area contributed by atoms with Crippen molar-refractivity contribution in [2.45, 2.75) is 0 Å². The summed E-state index contributed by atoms with van der Waals surface area (Å²) in [5, 5.41) is 3.46. The fourth-order valence-corrected chi connectivity index (χ4v) is 13.0. The topological polar surface area (TPSA) is 18.5 Å². The lowest BCUT2D eigenvalue weighted by atomic mass is 10.0. The summed E-state index contributed by atoms with van der Waals surface area (Å²) in [5.74, 6) is 0. The minimum atomic E-state index is 1.09. The van der Waals surface area contributed by atoms with E-state index in [1.54, 1.807) is 0 Å². The Labute approximate surface area is 610 Å². The molecule has 0 aliphatic carbocycles. The van der Waals surface area contributed by atoms with Crippen LogP contribution in [0, 0.1) is 0 Å². The van der Waals surface area contributed by atoms with Crippen molar-refractivity contribution >= 4 is 77.4 Å². The van der Waals surface area contributed by atoms with Crippen molar-refractivity contribution in [3.8, 4) is 89.0 Å². The molecule has 0 heterocycles. The van der Waals surface area contributed by atoms with Gasteiger partial charge in [-0.1, -0.05) is 335 Å². The zero-order valence-corrected chi connectivity index (χ0v) is 58.7. The minimum Gasteiger partial charge on any atom is -0.356 e. The molecule has 0 unspecified atom stereocenters. The predicted molar refractivity (Wildman–Crippen MR) is 437 cm³/mol. The molecule has 16 aromatic rings. The van der Waals surface area contributed by atoms with Gasteiger partial charge in [-0.05, 0) is 210 Å². The smallest absolute Gasteiger partial charge is 0.0462 e. The van der Waals surface area contributed by atoms with Crippen LogP contribution >= 0.6 is 31.9 Å². The maximum absolute atomic E-state index is 3.46. The Morgan fingerprint density at radius 3 is 0.426 bits per heavy atom. The Balaban J connectivity index is 0.000000179. The Morgan fingerprint density at radius 2 is 0.267 bits per heavy atom. The van der Waals surface area contributed by atoms with Crippen molar-refractivity contribution in [1.29, 1.82) is 0 Å². The second kappa shape index (κ2) is 32.5. The van der Waals surface area contributed by atoms with Crippen molar-refractivity contribution < 1.29 is 0 Å². The molecule has 0 aromatic heterocycles. The lowest BCUT2D eigenvalue weighted by Gasteiger charge is -2.27. The van der Waals surface area contributed by atoms with E-state index in [1.807, 2.05) is 12.1 Å². The quantitative estimate of drug-likeness (QED) is 0.104. The molecular formula is C96H71Br2N3. The van der Waals surface area contributed by atoms with Gasteiger partial charge in [-0.2, -0.15) is 0 Å². The zero-order chi connectivity index (χ0) is 68.4. The average Bonchev–Trinajstić information content (AvgIpc) is 0.803. The predicted octanol–water partition coefficient (Wildman–Crippen LogP) is 28.6. The van der Waals surface area contributed by atoms with E-state index < -0.39 is 0 Å². The molecule has 484 valence electrons. The van der Waals surface area contributed by atoms with Crippen LogP contribution in [0.15, 0.2) is 434 Å². The number of rotatable bonds is 16. The van der Waals surface area contributed by atoms with E-state index in [0.29, 0.717) is 0 Å². The maximum Gasteiger partial charge on any atom is 0.0462 e. The lowest BCUT2D eigenvalue weighted by Crippen LogP contribution is -2.10. The van der Waals surface area contributed by atoms with Crippen molar-refractivity contribution in [3.05, 3.63) is 434 Å². The minimum absolute atomic E-state index is 1.09. The number of nitrogens with one attached hydrogen (secondary N) is 1. The summed E-state index contributed by atoms with van der Waals surface area (Å²) in [7, 11) is 0. The highest BCUT2D eigenvalue weighted by Gasteiger charge is 2.17. The first kappa shape index (κ1) is 66.1. The van der Waals surface area contributed by atoms with Crippen LogP contribution in [0.2, 0.25) is 0 Å². The molecular weight excluding hydrogens is 1350 g/mol. The number of benzene rings is 16. The third-order valence-corrected chi connectivity index (χ3v) is 18.9. The number of anilines is 8. The highest BCUT2D eigenvalue weighted by atomic mass is 79.9. The molecule has 0 aliphatic rings. The van der Waals surface area contributed by atoms with Crippen LogP contribution < -0.4 is 15.1 Å². The van der Waals surface area contributed by atoms with Crippen LogP contribution in [0.1, 0.15) is 0 Å². The highest BCUT2D eigenvalue weighted by molar-refractivity contribution is 9.10. The summed E-state index contributed by atoms with van der Waals surface area (Å²) in [6, 6.07) is 150. The molecule has 0 bridgehead atoms. The third-order valence-electron chi connectivity index (χ3n) is 17.8. The Hall–Kier alpha value is -12.1. The fraction of sp³-hybridized carbons (Fsp3) is 0. The molecule has 101 heavy (non-hydrogen) atoms. The summed E-state index contributed by atoms with van der Waals surface area (Å²) in [5.41, 5.74) is 28.1. The monoisotopic (exact) mass is 1420 g/mol. The maximum atomic E-state index is 3.46. The molecule has 0 saturated heterocycles. The van der Waals surface area contributed by atoms with Gasteiger partial charge >= 0.3 is 0 Å². The van der Waals surface area contributed by atoms with E-state index >= 15 is 0 Å². The first-order chi connectivity index (χ1) is 49.9. The normalized spacial score (nSPS) is 10.7. The molecule has 5 heteroatoms. The Bertz CT molecular complexity index is 4690.